The van der Waals surface area contributed by atoms with Crippen LogP contribution in [0.2, 0.25) is 0 Å². The van der Waals surface area contributed by atoms with Crippen LogP contribution in [0, 0.1) is 0 Å². The largest absolute Gasteiger partial charge is 0.444 e. The first-order chi connectivity index (χ1) is 10.3. The number of amides is 2. The molecule has 1 saturated heterocycles. The van der Waals surface area contributed by atoms with Crippen molar-refractivity contribution in [1.82, 2.24) is 9.80 Å². The van der Waals surface area contributed by atoms with E-state index in [9.17, 15) is 9.59 Å². The monoisotopic (exact) mass is 304 g/mol. The topological polar surface area (TPSA) is 49.9 Å². The minimum Gasteiger partial charge on any atom is -0.444 e. The highest BCUT2D eigenvalue weighted by Crippen LogP contribution is 2.22. The first-order valence-electron chi connectivity index (χ1n) is 7.60. The van der Waals surface area contributed by atoms with Gasteiger partial charge >= 0.3 is 6.09 Å². The third-order valence-corrected chi connectivity index (χ3v) is 3.66. The first-order valence-corrected chi connectivity index (χ1v) is 7.60. The van der Waals surface area contributed by atoms with Crippen LogP contribution in [-0.2, 0) is 9.53 Å². The van der Waals surface area contributed by atoms with Gasteiger partial charge in [-0.1, -0.05) is 30.3 Å². The number of hydrogen-bond acceptors (Lipinski definition) is 3. The summed E-state index contributed by atoms with van der Waals surface area (Å²) in [5.74, 6) is -0.0477. The Labute approximate surface area is 131 Å². The van der Waals surface area contributed by atoms with E-state index in [-0.39, 0.29) is 18.5 Å². The molecule has 1 aliphatic heterocycles. The quantitative estimate of drug-likeness (QED) is 0.844. The zero-order chi connectivity index (χ0) is 16.3. The number of benzene rings is 1. The molecular formula is C17H24N2O3. The molecule has 0 radical (unpaired) electrons. The molecule has 1 aromatic carbocycles. The number of piperazine rings is 1. The molecule has 22 heavy (non-hydrogen) atoms. The molecule has 1 aromatic rings. The fourth-order valence-electron chi connectivity index (χ4n) is 2.49. The number of carbonyl (C=O) groups is 2. The third kappa shape index (κ3) is 4.00. The fourth-order valence-corrected chi connectivity index (χ4v) is 2.49. The number of ether oxygens (including phenoxy) is 1. The van der Waals surface area contributed by atoms with Crippen LogP contribution in [0.5, 0.6) is 0 Å². The molecule has 0 unspecified atom stereocenters. The molecule has 2 amide bonds. The minimum atomic E-state index is -0.547. The van der Waals surface area contributed by atoms with Crippen LogP contribution < -0.4 is 0 Å². The normalized spacial score (nSPS) is 17.4. The van der Waals surface area contributed by atoms with E-state index in [2.05, 4.69) is 0 Å². The van der Waals surface area contributed by atoms with E-state index >= 15 is 0 Å². The van der Waals surface area contributed by atoms with Gasteiger partial charge in [0, 0.05) is 13.1 Å². The predicted molar refractivity (Wildman–Crippen MR) is 84.4 cm³/mol. The molecule has 2 rings (SSSR count). The van der Waals surface area contributed by atoms with Crippen molar-refractivity contribution >= 4 is 12.0 Å². The van der Waals surface area contributed by atoms with Crippen molar-refractivity contribution in [1.29, 1.82) is 0 Å². The van der Waals surface area contributed by atoms with Gasteiger partial charge in [0.2, 0.25) is 5.91 Å². The van der Waals surface area contributed by atoms with Gasteiger partial charge in [-0.05, 0) is 33.3 Å². The second-order valence-corrected chi connectivity index (χ2v) is 6.58. The molecule has 5 nitrogen and oxygen atoms in total. The Morgan fingerprint density at radius 1 is 1.18 bits per heavy atom. The van der Waals surface area contributed by atoms with E-state index in [1.807, 2.05) is 62.9 Å². The summed E-state index contributed by atoms with van der Waals surface area (Å²) in [4.78, 5) is 27.7. The summed E-state index contributed by atoms with van der Waals surface area (Å²) in [7, 11) is 0. The smallest absolute Gasteiger partial charge is 0.410 e. The van der Waals surface area contributed by atoms with Crippen molar-refractivity contribution in [2.75, 3.05) is 19.6 Å². The summed E-state index contributed by atoms with van der Waals surface area (Å²) in [5.41, 5.74) is 0.552. The lowest BCUT2D eigenvalue weighted by molar-refractivity contribution is -0.138. The van der Waals surface area contributed by atoms with Crippen molar-refractivity contribution in [3.8, 4) is 0 Å². The van der Waals surface area contributed by atoms with Crippen molar-refractivity contribution in [3.63, 3.8) is 0 Å². The molecule has 0 aliphatic carbocycles. The van der Waals surface area contributed by atoms with Crippen molar-refractivity contribution in [3.05, 3.63) is 35.9 Å². The summed E-state index contributed by atoms with van der Waals surface area (Å²) in [6, 6.07) is 9.92. The van der Waals surface area contributed by atoms with E-state index in [1.165, 1.54) is 4.90 Å². The molecule has 0 spiro atoms. The van der Waals surface area contributed by atoms with Crippen molar-refractivity contribution in [2.45, 2.75) is 39.3 Å². The Balaban J connectivity index is 1.98. The molecule has 1 heterocycles. The Morgan fingerprint density at radius 2 is 1.82 bits per heavy atom. The molecule has 1 aliphatic rings. The molecule has 1 atom stereocenters. The summed E-state index contributed by atoms with van der Waals surface area (Å²) in [6.07, 6.45) is -0.423. The summed E-state index contributed by atoms with van der Waals surface area (Å²) in [6.45, 7) is 8.57. The number of rotatable bonds is 2. The molecular weight excluding hydrogens is 280 g/mol. The summed E-state index contributed by atoms with van der Waals surface area (Å²) >= 11 is 0. The van der Waals surface area contributed by atoms with E-state index in [1.54, 1.807) is 0 Å². The van der Waals surface area contributed by atoms with Gasteiger partial charge in [0.15, 0.2) is 0 Å². The third-order valence-electron chi connectivity index (χ3n) is 3.66. The summed E-state index contributed by atoms with van der Waals surface area (Å²) in [5, 5.41) is 0. The lowest BCUT2D eigenvalue weighted by Gasteiger charge is -2.38. The Hall–Kier alpha value is -2.04. The second-order valence-electron chi connectivity index (χ2n) is 6.58. The van der Waals surface area contributed by atoms with Gasteiger partial charge in [0.05, 0.1) is 6.04 Å². The molecule has 0 aromatic heterocycles. The van der Waals surface area contributed by atoms with Gasteiger partial charge < -0.3 is 9.64 Å². The fraction of sp³-hybridized carbons (Fsp3) is 0.529. The lowest BCUT2D eigenvalue weighted by atomic mass is 10.1. The van der Waals surface area contributed by atoms with Gasteiger partial charge in [0.25, 0.3) is 0 Å². The van der Waals surface area contributed by atoms with Crippen LogP contribution in [0.3, 0.4) is 0 Å². The van der Waals surface area contributed by atoms with Crippen LogP contribution in [0.25, 0.3) is 0 Å². The molecule has 0 bridgehead atoms. The molecule has 1 fully saturated rings. The van der Waals surface area contributed by atoms with Gasteiger partial charge in [-0.3, -0.25) is 9.69 Å². The van der Waals surface area contributed by atoms with Gasteiger partial charge in [0.1, 0.15) is 12.1 Å². The van der Waals surface area contributed by atoms with Crippen LogP contribution >= 0.6 is 0 Å². The maximum atomic E-state index is 12.4. The standard InChI is InChI=1S/C17H24N2O3/c1-13(14-8-6-5-7-9-14)19-11-10-18(12-15(19)20)16(21)22-17(2,3)4/h5-9,13H,10-12H2,1-4H3/t13-/m0/s1. The predicted octanol–water partition coefficient (Wildman–Crippen LogP) is 2.83. The molecule has 0 N–H and O–H groups in total. The Bertz CT molecular complexity index is 537. The summed E-state index contributed by atoms with van der Waals surface area (Å²) < 4.78 is 5.32. The highest BCUT2D eigenvalue weighted by atomic mass is 16.6. The minimum absolute atomic E-state index is 0.00878. The number of nitrogens with zero attached hydrogens (tertiary/aromatic N) is 2. The highest BCUT2D eigenvalue weighted by molar-refractivity contribution is 5.84. The Morgan fingerprint density at radius 3 is 2.36 bits per heavy atom. The van der Waals surface area contributed by atoms with Crippen LogP contribution in [-0.4, -0.2) is 47.0 Å². The number of hydrogen-bond donors (Lipinski definition) is 0. The van der Waals surface area contributed by atoms with Crippen LogP contribution in [0.15, 0.2) is 30.3 Å². The second kappa shape index (κ2) is 6.38. The van der Waals surface area contributed by atoms with Crippen LogP contribution in [0.4, 0.5) is 4.79 Å². The molecule has 0 saturated carbocycles. The first kappa shape index (κ1) is 16.3. The zero-order valence-corrected chi connectivity index (χ0v) is 13.7. The average molecular weight is 304 g/mol. The van der Waals surface area contributed by atoms with Crippen molar-refractivity contribution in [2.24, 2.45) is 0 Å². The lowest BCUT2D eigenvalue weighted by Crippen LogP contribution is -2.53. The van der Waals surface area contributed by atoms with Crippen molar-refractivity contribution < 1.29 is 14.3 Å². The van der Waals surface area contributed by atoms with Gasteiger partial charge in [-0.2, -0.15) is 0 Å². The molecule has 120 valence electrons. The Kier molecular flexibility index (Phi) is 4.74. The van der Waals surface area contributed by atoms with Gasteiger partial charge in [-0.15, -0.1) is 0 Å². The van der Waals surface area contributed by atoms with E-state index in [4.69, 9.17) is 4.74 Å². The van der Waals surface area contributed by atoms with E-state index in [0.717, 1.165) is 5.56 Å². The number of carbonyl (C=O) groups excluding carboxylic acids is 2. The maximum absolute atomic E-state index is 12.4. The highest BCUT2D eigenvalue weighted by Gasteiger charge is 2.32. The SMILES string of the molecule is C[C@@H](c1ccccc1)N1CCN(C(=O)OC(C)(C)C)CC1=O. The van der Waals surface area contributed by atoms with Gasteiger partial charge in [-0.25, -0.2) is 4.79 Å². The maximum Gasteiger partial charge on any atom is 0.410 e. The average Bonchev–Trinajstić information content (AvgIpc) is 2.45. The zero-order valence-electron chi connectivity index (χ0n) is 13.7. The molecule has 5 heteroatoms. The van der Waals surface area contributed by atoms with E-state index in [0.29, 0.717) is 13.1 Å². The van der Waals surface area contributed by atoms with E-state index < -0.39 is 11.7 Å². The van der Waals surface area contributed by atoms with Crippen LogP contribution in [0.1, 0.15) is 39.3 Å².